The lowest BCUT2D eigenvalue weighted by Crippen LogP contribution is -2.29. The zero-order valence-corrected chi connectivity index (χ0v) is 8.69. The molecule has 1 saturated carbocycles. The van der Waals surface area contributed by atoms with E-state index in [0.717, 1.165) is 25.4 Å². The summed E-state index contributed by atoms with van der Waals surface area (Å²) < 4.78 is 1.88. The average molecular weight is 194 g/mol. The van der Waals surface area contributed by atoms with Crippen molar-refractivity contribution < 1.29 is 0 Å². The lowest BCUT2D eigenvalue weighted by molar-refractivity contribution is 0.462. The van der Waals surface area contributed by atoms with Gasteiger partial charge in [-0.1, -0.05) is 5.21 Å². The fourth-order valence-corrected chi connectivity index (χ4v) is 1.69. The van der Waals surface area contributed by atoms with Crippen LogP contribution in [0.25, 0.3) is 0 Å². The Labute approximate surface area is 84.7 Å². The highest BCUT2D eigenvalue weighted by Crippen LogP contribution is 2.32. The third-order valence-electron chi connectivity index (χ3n) is 2.83. The van der Waals surface area contributed by atoms with Crippen LogP contribution >= 0.6 is 0 Å². The predicted octanol–water partition coefficient (Wildman–Crippen LogP) is 1.06. The van der Waals surface area contributed by atoms with E-state index < -0.39 is 0 Å². The summed E-state index contributed by atoms with van der Waals surface area (Å²) in [5.41, 5.74) is 0. The molecular weight excluding hydrogens is 176 g/mol. The molecule has 1 N–H and O–H groups in total. The summed E-state index contributed by atoms with van der Waals surface area (Å²) in [6, 6.07) is 0.700. The van der Waals surface area contributed by atoms with E-state index in [4.69, 9.17) is 0 Å². The lowest BCUT2D eigenvalue weighted by Gasteiger charge is -2.11. The summed E-state index contributed by atoms with van der Waals surface area (Å²) in [6.07, 6.45) is 7.58. The van der Waals surface area contributed by atoms with Gasteiger partial charge in [-0.05, 0) is 38.6 Å². The van der Waals surface area contributed by atoms with E-state index in [2.05, 4.69) is 22.6 Å². The molecule has 0 saturated heterocycles. The van der Waals surface area contributed by atoms with E-state index in [9.17, 15) is 0 Å². The molecule has 1 unspecified atom stereocenters. The molecular formula is C10H18N4. The molecule has 78 valence electrons. The Balaban J connectivity index is 1.54. The van der Waals surface area contributed by atoms with Crippen LogP contribution in [-0.4, -0.2) is 27.6 Å². The van der Waals surface area contributed by atoms with Crippen LogP contribution in [0.4, 0.5) is 0 Å². The van der Waals surface area contributed by atoms with Crippen LogP contribution in [0.15, 0.2) is 12.4 Å². The van der Waals surface area contributed by atoms with E-state index in [-0.39, 0.29) is 0 Å². The minimum absolute atomic E-state index is 0.700. The van der Waals surface area contributed by atoms with Crippen LogP contribution in [0.5, 0.6) is 0 Å². The quantitative estimate of drug-likeness (QED) is 0.688. The Kier molecular flexibility index (Phi) is 3.14. The van der Waals surface area contributed by atoms with Crippen molar-refractivity contribution in [2.24, 2.45) is 5.92 Å². The van der Waals surface area contributed by atoms with Crippen LogP contribution in [0.2, 0.25) is 0 Å². The van der Waals surface area contributed by atoms with Gasteiger partial charge in [0, 0.05) is 18.8 Å². The molecule has 1 atom stereocenters. The maximum atomic E-state index is 3.92. The second-order valence-corrected chi connectivity index (χ2v) is 4.10. The molecule has 1 heterocycles. The van der Waals surface area contributed by atoms with Crippen molar-refractivity contribution in [2.75, 3.05) is 6.54 Å². The molecule has 1 aromatic heterocycles. The van der Waals surface area contributed by atoms with E-state index in [1.807, 2.05) is 10.9 Å². The number of hydrogen-bond acceptors (Lipinski definition) is 3. The maximum absolute atomic E-state index is 3.92. The molecule has 4 heteroatoms. The first kappa shape index (κ1) is 9.65. The molecule has 1 aliphatic carbocycles. The first-order valence-electron chi connectivity index (χ1n) is 5.44. The molecule has 0 aromatic carbocycles. The van der Waals surface area contributed by atoms with Crippen molar-refractivity contribution in [2.45, 2.75) is 38.8 Å². The normalized spacial score (nSPS) is 18.4. The van der Waals surface area contributed by atoms with Crippen molar-refractivity contribution in [3.63, 3.8) is 0 Å². The van der Waals surface area contributed by atoms with E-state index in [1.54, 1.807) is 6.20 Å². The standard InChI is InChI=1S/C10H18N4/c1-9(10-3-4-10)11-5-2-7-14-8-6-12-13-14/h6,8-11H,2-5,7H2,1H3. The summed E-state index contributed by atoms with van der Waals surface area (Å²) in [7, 11) is 0. The number of aromatic nitrogens is 3. The van der Waals surface area contributed by atoms with E-state index >= 15 is 0 Å². The van der Waals surface area contributed by atoms with Crippen molar-refractivity contribution in [3.05, 3.63) is 12.4 Å². The molecule has 0 spiro atoms. The second-order valence-electron chi connectivity index (χ2n) is 4.10. The molecule has 0 radical (unpaired) electrons. The second kappa shape index (κ2) is 4.55. The highest BCUT2D eigenvalue weighted by Gasteiger charge is 2.26. The molecule has 1 aliphatic rings. The van der Waals surface area contributed by atoms with Crippen LogP contribution in [0.1, 0.15) is 26.2 Å². The topological polar surface area (TPSA) is 42.7 Å². The molecule has 2 rings (SSSR count). The van der Waals surface area contributed by atoms with Crippen molar-refractivity contribution >= 4 is 0 Å². The van der Waals surface area contributed by atoms with Crippen molar-refractivity contribution in [1.82, 2.24) is 20.3 Å². The SMILES string of the molecule is CC(NCCCn1ccnn1)C1CC1. The van der Waals surface area contributed by atoms with Crippen LogP contribution in [0, 0.1) is 5.92 Å². The predicted molar refractivity (Wildman–Crippen MR) is 54.8 cm³/mol. The van der Waals surface area contributed by atoms with Gasteiger partial charge in [0.25, 0.3) is 0 Å². The van der Waals surface area contributed by atoms with E-state index in [1.165, 1.54) is 12.8 Å². The number of rotatable bonds is 6. The summed E-state index contributed by atoms with van der Waals surface area (Å²) in [5.74, 6) is 0.946. The minimum atomic E-state index is 0.700. The molecule has 0 bridgehead atoms. The van der Waals surface area contributed by atoms with Gasteiger partial charge in [-0.2, -0.15) is 0 Å². The minimum Gasteiger partial charge on any atom is -0.314 e. The van der Waals surface area contributed by atoms with Gasteiger partial charge in [0.1, 0.15) is 0 Å². The molecule has 0 amide bonds. The van der Waals surface area contributed by atoms with Gasteiger partial charge >= 0.3 is 0 Å². The van der Waals surface area contributed by atoms with Gasteiger partial charge in [0.15, 0.2) is 0 Å². The Morgan fingerprint density at radius 1 is 1.57 bits per heavy atom. The van der Waals surface area contributed by atoms with Gasteiger partial charge < -0.3 is 5.32 Å². The summed E-state index contributed by atoms with van der Waals surface area (Å²) >= 11 is 0. The van der Waals surface area contributed by atoms with Gasteiger partial charge in [0.2, 0.25) is 0 Å². The van der Waals surface area contributed by atoms with Gasteiger partial charge in [-0.15, -0.1) is 5.10 Å². The molecule has 0 aliphatic heterocycles. The molecule has 1 aromatic rings. The lowest BCUT2D eigenvalue weighted by atomic mass is 10.2. The fraction of sp³-hybridized carbons (Fsp3) is 0.800. The Hall–Kier alpha value is -0.900. The van der Waals surface area contributed by atoms with Crippen molar-refractivity contribution in [1.29, 1.82) is 0 Å². The largest absolute Gasteiger partial charge is 0.314 e. The van der Waals surface area contributed by atoms with Crippen LogP contribution < -0.4 is 5.32 Å². The highest BCUT2D eigenvalue weighted by atomic mass is 15.4. The third-order valence-corrected chi connectivity index (χ3v) is 2.83. The Bertz CT molecular complexity index is 253. The maximum Gasteiger partial charge on any atom is 0.0692 e. The first-order valence-corrected chi connectivity index (χ1v) is 5.44. The molecule has 4 nitrogen and oxygen atoms in total. The van der Waals surface area contributed by atoms with Crippen LogP contribution in [0.3, 0.4) is 0 Å². The smallest absolute Gasteiger partial charge is 0.0692 e. The summed E-state index contributed by atoms with van der Waals surface area (Å²) in [4.78, 5) is 0. The monoisotopic (exact) mass is 194 g/mol. The molecule has 1 fully saturated rings. The van der Waals surface area contributed by atoms with Crippen molar-refractivity contribution in [3.8, 4) is 0 Å². The number of hydrogen-bond donors (Lipinski definition) is 1. The summed E-state index contributed by atoms with van der Waals surface area (Å²) in [5, 5.41) is 11.2. The fourth-order valence-electron chi connectivity index (χ4n) is 1.69. The highest BCUT2D eigenvalue weighted by molar-refractivity contribution is 4.82. The third kappa shape index (κ3) is 2.80. The Morgan fingerprint density at radius 2 is 2.43 bits per heavy atom. The number of aryl methyl sites for hydroxylation is 1. The number of nitrogens with zero attached hydrogens (tertiary/aromatic N) is 3. The molecule has 14 heavy (non-hydrogen) atoms. The number of nitrogens with one attached hydrogen (secondary N) is 1. The first-order chi connectivity index (χ1) is 6.86. The zero-order chi connectivity index (χ0) is 9.80. The summed E-state index contributed by atoms with van der Waals surface area (Å²) in [6.45, 7) is 4.33. The van der Waals surface area contributed by atoms with Gasteiger partial charge in [0.05, 0.1) is 6.20 Å². The average Bonchev–Trinajstić information content (AvgIpc) is 2.92. The van der Waals surface area contributed by atoms with E-state index in [0.29, 0.717) is 6.04 Å². The van der Waals surface area contributed by atoms with Gasteiger partial charge in [-0.3, -0.25) is 4.68 Å². The zero-order valence-electron chi connectivity index (χ0n) is 8.69. The van der Waals surface area contributed by atoms with Crippen LogP contribution in [-0.2, 0) is 6.54 Å². The Morgan fingerprint density at radius 3 is 3.07 bits per heavy atom. The van der Waals surface area contributed by atoms with Gasteiger partial charge in [-0.25, -0.2) is 0 Å².